The Balaban J connectivity index is 2.32. The molecule has 7 heteroatoms. The van der Waals surface area contributed by atoms with Gasteiger partial charge in [-0.25, -0.2) is 9.78 Å². The molecular weight excluding hydrogens is 278 g/mol. The summed E-state index contributed by atoms with van der Waals surface area (Å²) < 4.78 is 0. The largest absolute Gasteiger partial charge is 0.481 e. The van der Waals surface area contributed by atoms with Crippen LogP contribution in [-0.4, -0.2) is 28.6 Å². The third-order valence-corrected chi connectivity index (χ3v) is 3.65. The van der Waals surface area contributed by atoms with Gasteiger partial charge in [0.25, 0.3) is 0 Å². The van der Waals surface area contributed by atoms with Gasteiger partial charge in [-0.05, 0) is 19.3 Å². The highest BCUT2D eigenvalue weighted by Crippen LogP contribution is 2.11. The lowest BCUT2D eigenvalue weighted by Gasteiger charge is -2.15. The van der Waals surface area contributed by atoms with Crippen molar-refractivity contribution in [3.05, 3.63) is 16.1 Å². The van der Waals surface area contributed by atoms with E-state index in [4.69, 9.17) is 5.11 Å². The molecule has 6 nitrogen and oxygen atoms in total. The number of nitrogens with one attached hydrogen (secondary N) is 2. The molecule has 20 heavy (non-hydrogen) atoms. The van der Waals surface area contributed by atoms with Gasteiger partial charge in [0.2, 0.25) is 0 Å². The van der Waals surface area contributed by atoms with Gasteiger partial charge < -0.3 is 15.7 Å². The molecule has 0 spiro atoms. The van der Waals surface area contributed by atoms with E-state index in [0.717, 1.165) is 10.7 Å². The smallest absolute Gasteiger partial charge is 0.315 e. The monoisotopic (exact) mass is 299 g/mol. The van der Waals surface area contributed by atoms with Crippen molar-refractivity contribution in [2.75, 3.05) is 6.54 Å². The van der Waals surface area contributed by atoms with Crippen LogP contribution in [0.3, 0.4) is 0 Å². The van der Waals surface area contributed by atoms with E-state index >= 15 is 0 Å². The summed E-state index contributed by atoms with van der Waals surface area (Å²) in [5.41, 5.74) is 0.926. The van der Waals surface area contributed by atoms with Crippen molar-refractivity contribution in [2.45, 2.75) is 33.7 Å². The summed E-state index contributed by atoms with van der Waals surface area (Å²) in [7, 11) is 0. The standard InChI is InChI=1S/C13H21N3O3S/c1-8(2)4-10(12(17)18)5-14-13(19)15-6-11-16-9(3)7-20-11/h7-8,10H,4-6H2,1-3H3,(H,17,18)(H2,14,15,19). The fourth-order valence-electron chi connectivity index (χ4n) is 1.76. The number of hydrogen-bond acceptors (Lipinski definition) is 4. The molecule has 1 rings (SSSR count). The summed E-state index contributed by atoms with van der Waals surface area (Å²) in [6, 6.07) is -0.368. The van der Waals surface area contributed by atoms with Crippen LogP contribution < -0.4 is 10.6 Å². The molecular formula is C13H21N3O3S. The minimum atomic E-state index is -0.880. The van der Waals surface area contributed by atoms with Crippen LogP contribution >= 0.6 is 11.3 Å². The molecule has 0 fully saturated rings. The molecule has 0 aliphatic heterocycles. The van der Waals surface area contributed by atoms with Crippen LogP contribution in [0.5, 0.6) is 0 Å². The van der Waals surface area contributed by atoms with Crippen molar-refractivity contribution in [3.8, 4) is 0 Å². The molecule has 1 aromatic rings. The van der Waals surface area contributed by atoms with Gasteiger partial charge in [0, 0.05) is 17.6 Å². The maximum atomic E-state index is 11.6. The number of nitrogens with zero attached hydrogens (tertiary/aromatic N) is 1. The van der Waals surface area contributed by atoms with Gasteiger partial charge in [-0.15, -0.1) is 11.3 Å². The van der Waals surface area contributed by atoms with Crippen molar-refractivity contribution in [3.63, 3.8) is 0 Å². The minimum Gasteiger partial charge on any atom is -0.481 e. The predicted octanol–water partition coefficient (Wildman–Crippen LogP) is 2.00. The fourth-order valence-corrected chi connectivity index (χ4v) is 2.47. The number of hydrogen-bond donors (Lipinski definition) is 3. The van der Waals surface area contributed by atoms with Crippen LogP contribution in [0.25, 0.3) is 0 Å². The number of urea groups is 1. The van der Waals surface area contributed by atoms with E-state index < -0.39 is 11.9 Å². The normalized spacial score (nSPS) is 12.2. The number of aromatic nitrogens is 1. The number of carbonyl (C=O) groups is 2. The summed E-state index contributed by atoms with van der Waals surface area (Å²) in [6.07, 6.45) is 0.543. The Labute approximate surface area is 122 Å². The van der Waals surface area contributed by atoms with Gasteiger partial charge in [0.1, 0.15) is 5.01 Å². The van der Waals surface area contributed by atoms with E-state index in [0.29, 0.717) is 13.0 Å². The average molecular weight is 299 g/mol. The first-order valence-corrected chi connectivity index (χ1v) is 7.42. The van der Waals surface area contributed by atoms with Gasteiger partial charge in [-0.1, -0.05) is 13.8 Å². The average Bonchev–Trinajstić information content (AvgIpc) is 2.77. The van der Waals surface area contributed by atoms with E-state index in [1.54, 1.807) is 0 Å². The lowest BCUT2D eigenvalue weighted by atomic mass is 9.97. The summed E-state index contributed by atoms with van der Waals surface area (Å²) >= 11 is 1.48. The Hall–Kier alpha value is -1.63. The van der Waals surface area contributed by atoms with E-state index in [9.17, 15) is 9.59 Å². The molecule has 0 bridgehead atoms. The zero-order valence-corrected chi connectivity index (χ0v) is 12.8. The van der Waals surface area contributed by atoms with E-state index in [2.05, 4.69) is 15.6 Å². The molecule has 0 aliphatic rings. The van der Waals surface area contributed by atoms with Crippen LogP contribution in [0.2, 0.25) is 0 Å². The van der Waals surface area contributed by atoms with Crippen LogP contribution in [0, 0.1) is 18.8 Å². The number of aryl methyl sites for hydroxylation is 1. The Morgan fingerprint density at radius 3 is 2.60 bits per heavy atom. The molecule has 1 aromatic heterocycles. The van der Waals surface area contributed by atoms with Gasteiger partial charge in [-0.3, -0.25) is 4.79 Å². The van der Waals surface area contributed by atoms with Crippen molar-refractivity contribution < 1.29 is 14.7 Å². The van der Waals surface area contributed by atoms with E-state index in [1.807, 2.05) is 26.2 Å². The fraction of sp³-hybridized carbons (Fsp3) is 0.615. The highest BCUT2D eigenvalue weighted by atomic mass is 32.1. The summed E-state index contributed by atoms with van der Waals surface area (Å²) in [6.45, 7) is 6.30. The van der Waals surface area contributed by atoms with E-state index in [1.165, 1.54) is 11.3 Å². The number of rotatable bonds is 7. The van der Waals surface area contributed by atoms with Gasteiger partial charge >= 0.3 is 12.0 Å². The zero-order chi connectivity index (χ0) is 15.1. The lowest BCUT2D eigenvalue weighted by Crippen LogP contribution is -2.39. The Bertz CT molecular complexity index is 459. The molecule has 3 N–H and O–H groups in total. The summed E-state index contributed by atoms with van der Waals surface area (Å²) in [5.74, 6) is -1.16. The molecule has 0 aliphatic carbocycles. The second kappa shape index (κ2) is 7.84. The molecule has 0 saturated heterocycles. The minimum absolute atomic E-state index is 0.135. The molecule has 112 valence electrons. The molecule has 0 aromatic carbocycles. The molecule has 1 heterocycles. The summed E-state index contributed by atoms with van der Waals surface area (Å²) in [5, 5.41) is 17.1. The summed E-state index contributed by atoms with van der Waals surface area (Å²) in [4.78, 5) is 26.9. The highest BCUT2D eigenvalue weighted by Gasteiger charge is 2.19. The molecule has 2 amide bonds. The van der Waals surface area contributed by atoms with Crippen molar-refractivity contribution >= 4 is 23.3 Å². The predicted molar refractivity (Wildman–Crippen MR) is 77.7 cm³/mol. The van der Waals surface area contributed by atoms with Crippen molar-refractivity contribution in [1.82, 2.24) is 15.6 Å². The van der Waals surface area contributed by atoms with Gasteiger partial charge in [-0.2, -0.15) is 0 Å². The number of amides is 2. The Morgan fingerprint density at radius 2 is 2.10 bits per heavy atom. The first-order valence-electron chi connectivity index (χ1n) is 6.54. The number of thiazole rings is 1. The third kappa shape index (κ3) is 6.01. The molecule has 1 atom stereocenters. The molecule has 0 saturated carbocycles. The van der Waals surface area contributed by atoms with Crippen LogP contribution in [0.4, 0.5) is 4.79 Å². The first-order chi connectivity index (χ1) is 9.38. The highest BCUT2D eigenvalue weighted by molar-refractivity contribution is 7.09. The lowest BCUT2D eigenvalue weighted by molar-refractivity contribution is -0.142. The number of carboxylic acid groups (broad SMARTS) is 1. The van der Waals surface area contributed by atoms with Crippen LogP contribution in [0.15, 0.2) is 5.38 Å². The Morgan fingerprint density at radius 1 is 1.40 bits per heavy atom. The second-order valence-electron chi connectivity index (χ2n) is 5.11. The number of carboxylic acids is 1. The zero-order valence-electron chi connectivity index (χ0n) is 12.0. The maximum Gasteiger partial charge on any atom is 0.315 e. The molecule has 0 radical (unpaired) electrons. The molecule has 1 unspecified atom stereocenters. The quantitative estimate of drug-likeness (QED) is 0.718. The number of carbonyl (C=O) groups excluding carboxylic acids is 1. The first kappa shape index (κ1) is 16.4. The third-order valence-electron chi connectivity index (χ3n) is 2.68. The van der Waals surface area contributed by atoms with Crippen LogP contribution in [0.1, 0.15) is 31.0 Å². The van der Waals surface area contributed by atoms with Crippen LogP contribution in [-0.2, 0) is 11.3 Å². The van der Waals surface area contributed by atoms with Gasteiger partial charge in [0.05, 0.1) is 12.5 Å². The van der Waals surface area contributed by atoms with Crippen molar-refractivity contribution in [1.29, 1.82) is 0 Å². The van der Waals surface area contributed by atoms with E-state index in [-0.39, 0.29) is 18.5 Å². The SMILES string of the molecule is Cc1csc(CNC(=O)NCC(CC(C)C)C(=O)O)n1. The van der Waals surface area contributed by atoms with Gasteiger partial charge in [0.15, 0.2) is 0 Å². The maximum absolute atomic E-state index is 11.6. The van der Waals surface area contributed by atoms with Crippen molar-refractivity contribution in [2.24, 2.45) is 11.8 Å². The number of aliphatic carboxylic acids is 1. The second-order valence-corrected chi connectivity index (χ2v) is 6.05. The Kier molecular flexibility index (Phi) is 6.44. The topological polar surface area (TPSA) is 91.3 Å².